The summed E-state index contributed by atoms with van der Waals surface area (Å²) in [4.78, 5) is 7.01. The molecule has 0 amide bonds. The van der Waals surface area contributed by atoms with Crippen molar-refractivity contribution in [3.8, 4) is 11.1 Å². The van der Waals surface area contributed by atoms with Gasteiger partial charge in [-0.25, -0.2) is 0 Å². The highest BCUT2D eigenvalue weighted by atomic mass is 15.1. The number of benzene rings is 6. The zero-order chi connectivity index (χ0) is 24.6. The average molecular weight is 473 g/mol. The van der Waals surface area contributed by atoms with Crippen molar-refractivity contribution in [2.24, 2.45) is 0 Å². The first kappa shape index (κ1) is 21.3. The molecule has 0 spiro atoms. The predicted octanol–water partition coefficient (Wildman–Crippen LogP) is 9.68. The topological polar surface area (TPSA) is 16.1 Å². The number of para-hydroxylation sites is 2. The van der Waals surface area contributed by atoms with E-state index in [0.29, 0.717) is 0 Å². The molecule has 1 aromatic heterocycles. The summed E-state index contributed by atoms with van der Waals surface area (Å²) in [5, 5.41) is 6.04. The van der Waals surface area contributed by atoms with E-state index in [2.05, 4.69) is 143 Å². The Bertz CT molecular complexity index is 1890. The molecule has 0 aliphatic heterocycles. The van der Waals surface area contributed by atoms with Gasteiger partial charge in [0.05, 0.1) is 5.52 Å². The first-order chi connectivity index (χ1) is 18.3. The molecule has 0 fully saturated rings. The van der Waals surface area contributed by atoms with E-state index in [-0.39, 0.29) is 0 Å². The van der Waals surface area contributed by atoms with E-state index in [9.17, 15) is 0 Å². The Kier molecular flexibility index (Phi) is 5.15. The molecule has 0 saturated carbocycles. The molecule has 174 valence electrons. The van der Waals surface area contributed by atoms with Gasteiger partial charge in [-0.1, -0.05) is 84.9 Å². The van der Waals surface area contributed by atoms with Gasteiger partial charge in [-0.05, 0) is 81.7 Å². The van der Waals surface area contributed by atoms with Gasteiger partial charge in [0.1, 0.15) is 0 Å². The van der Waals surface area contributed by atoms with Gasteiger partial charge in [-0.15, -0.1) is 0 Å². The summed E-state index contributed by atoms with van der Waals surface area (Å²) in [6.07, 6.45) is 1.97. The highest BCUT2D eigenvalue weighted by Crippen LogP contribution is 2.38. The largest absolute Gasteiger partial charge is 0.310 e. The number of anilines is 3. The molecule has 1 heterocycles. The van der Waals surface area contributed by atoms with E-state index in [1.54, 1.807) is 0 Å². The maximum atomic E-state index is 4.68. The van der Waals surface area contributed by atoms with E-state index in [1.165, 1.54) is 27.1 Å². The van der Waals surface area contributed by atoms with Crippen LogP contribution in [0.3, 0.4) is 0 Å². The van der Waals surface area contributed by atoms with Gasteiger partial charge in [0.15, 0.2) is 0 Å². The second-order valence-electron chi connectivity index (χ2n) is 9.37. The monoisotopic (exact) mass is 472 g/mol. The van der Waals surface area contributed by atoms with Crippen LogP contribution < -0.4 is 4.90 Å². The van der Waals surface area contributed by atoms with Crippen molar-refractivity contribution in [2.75, 3.05) is 4.90 Å². The van der Waals surface area contributed by atoms with E-state index in [4.69, 9.17) is 0 Å². The SMILES string of the molecule is c1ccc(N(c2ccc3ccccc3c2)c2ccc3ccc(-c4cnc5ccccc5c4)cc3c2)cc1. The number of hydrogen-bond acceptors (Lipinski definition) is 2. The molecule has 0 bridgehead atoms. The standard InChI is InChI=1S/C35H24N2/c1-2-11-32(12-3-1)37(33-18-16-25-8-4-5-9-27(25)22-33)34-19-17-26-14-15-28(20-30(26)23-34)31-21-29-10-6-7-13-35(29)36-24-31/h1-24H. The third kappa shape index (κ3) is 3.99. The average Bonchev–Trinajstić information content (AvgIpc) is 2.97. The number of fused-ring (bicyclic) bond motifs is 3. The van der Waals surface area contributed by atoms with Crippen LogP contribution in [0, 0.1) is 0 Å². The minimum Gasteiger partial charge on any atom is -0.310 e. The minimum absolute atomic E-state index is 1.02. The Morgan fingerprint density at radius 3 is 1.78 bits per heavy atom. The van der Waals surface area contributed by atoms with Crippen LogP contribution in [-0.2, 0) is 0 Å². The van der Waals surface area contributed by atoms with Crippen LogP contribution in [0.1, 0.15) is 0 Å². The molecule has 7 rings (SSSR count). The molecule has 0 saturated heterocycles. The summed E-state index contributed by atoms with van der Waals surface area (Å²) < 4.78 is 0. The molecule has 0 aliphatic carbocycles. The van der Waals surface area contributed by atoms with Gasteiger partial charge >= 0.3 is 0 Å². The van der Waals surface area contributed by atoms with E-state index in [1.807, 2.05) is 12.3 Å². The summed E-state index contributed by atoms with van der Waals surface area (Å²) >= 11 is 0. The molecular formula is C35H24N2. The number of rotatable bonds is 4. The van der Waals surface area contributed by atoms with Gasteiger partial charge in [0, 0.05) is 34.2 Å². The molecular weight excluding hydrogens is 448 g/mol. The van der Waals surface area contributed by atoms with Gasteiger partial charge in [-0.2, -0.15) is 0 Å². The smallest absolute Gasteiger partial charge is 0.0702 e. The highest BCUT2D eigenvalue weighted by molar-refractivity contribution is 5.94. The fourth-order valence-electron chi connectivity index (χ4n) is 5.12. The second kappa shape index (κ2) is 8.92. The van der Waals surface area contributed by atoms with Crippen LogP contribution >= 0.6 is 0 Å². The maximum absolute atomic E-state index is 4.68. The van der Waals surface area contributed by atoms with Crippen LogP contribution in [0.15, 0.2) is 146 Å². The number of aromatic nitrogens is 1. The lowest BCUT2D eigenvalue weighted by Gasteiger charge is -2.26. The zero-order valence-corrected chi connectivity index (χ0v) is 20.3. The van der Waals surface area contributed by atoms with Gasteiger partial charge in [0.2, 0.25) is 0 Å². The lowest BCUT2D eigenvalue weighted by atomic mass is 10.0. The van der Waals surface area contributed by atoms with Gasteiger partial charge in [0.25, 0.3) is 0 Å². The van der Waals surface area contributed by atoms with Crippen molar-refractivity contribution in [3.05, 3.63) is 146 Å². The first-order valence-corrected chi connectivity index (χ1v) is 12.5. The first-order valence-electron chi connectivity index (χ1n) is 12.5. The normalized spacial score (nSPS) is 11.2. The van der Waals surface area contributed by atoms with Crippen LogP contribution in [0.2, 0.25) is 0 Å². The summed E-state index contributed by atoms with van der Waals surface area (Å²) in [6, 6.07) is 49.6. The molecule has 0 unspecified atom stereocenters. The molecule has 2 heteroatoms. The van der Waals surface area contributed by atoms with Crippen LogP contribution in [0.4, 0.5) is 17.1 Å². The molecule has 0 atom stereocenters. The van der Waals surface area contributed by atoms with E-state index >= 15 is 0 Å². The number of hydrogen-bond donors (Lipinski definition) is 0. The summed E-state index contributed by atoms with van der Waals surface area (Å²) in [7, 11) is 0. The Morgan fingerprint density at radius 2 is 0.973 bits per heavy atom. The van der Waals surface area contributed by atoms with Crippen molar-refractivity contribution in [2.45, 2.75) is 0 Å². The fraction of sp³-hybridized carbons (Fsp3) is 0. The maximum Gasteiger partial charge on any atom is 0.0702 e. The number of nitrogens with zero attached hydrogens (tertiary/aromatic N) is 2. The number of pyridine rings is 1. The van der Waals surface area contributed by atoms with Crippen molar-refractivity contribution >= 4 is 49.5 Å². The summed E-state index contributed by atoms with van der Waals surface area (Å²) in [5.74, 6) is 0. The van der Waals surface area contributed by atoms with Crippen LogP contribution in [0.5, 0.6) is 0 Å². The summed E-state index contributed by atoms with van der Waals surface area (Å²) in [5.41, 5.74) is 6.71. The third-order valence-corrected chi connectivity index (χ3v) is 7.01. The highest BCUT2D eigenvalue weighted by Gasteiger charge is 2.14. The Morgan fingerprint density at radius 1 is 0.378 bits per heavy atom. The fourth-order valence-corrected chi connectivity index (χ4v) is 5.12. The molecule has 0 radical (unpaired) electrons. The lowest BCUT2D eigenvalue weighted by Crippen LogP contribution is -2.09. The molecule has 0 N–H and O–H groups in total. The molecule has 2 nitrogen and oxygen atoms in total. The minimum atomic E-state index is 1.02. The van der Waals surface area contributed by atoms with Crippen molar-refractivity contribution in [3.63, 3.8) is 0 Å². The Balaban J connectivity index is 1.37. The van der Waals surface area contributed by atoms with Crippen LogP contribution in [0.25, 0.3) is 43.6 Å². The molecule has 6 aromatic carbocycles. The van der Waals surface area contributed by atoms with Gasteiger partial charge in [-0.3, -0.25) is 4.98 Å². The predicted molar refractivity (Wildman–Crippen MR) is 157 cm³/mol. The lowest BCUT2D eigenvalue weighted by molar-refractivity contribution is 1.29. The van der Waals surface area contributed by atoms with Crippen molar-refractivity contribution < 1.29 is 0 Å². The third-order valence-electron chi connectivity index (χ3n) is 7.01. The quantitative estimate of drug-likeness (QED) is 0.253. The van der Waals surface area contributed by atoms with Crippen molar-refractivity contribution in [1.29, 1.82) is 0 Å². The molecule has 7 aromatic rings. The summed E-state index contributed by atoms with van der Waals surface area (Å²) in [6.45, 7) is 0. The Hall–Kier alpha value is -4.95. The van der Waals surface area contributed by atoms with E-state index in [0.717, 1.165) is 33.5 Å². The zero-order valence-electron chi connectivity index (χ0n) is 20.3. The van der Waals surface area contributed by atoms with E-state index < -0.39 is 0 Å². The van der Waals surface area contributed by atoms with Crippen LogP contribution in [-0.4, -0.2) is 4.98 Å². The van der Waals surface area contributed by atoms with Gasteiger partial charge < -0.3 is 4.90 Å². The molecule has 37 heavy (non-hydrogen) atoms. The molecule has 0 aliphatic rings. The Labute approximate surface area is 216 Å². The second-order valence-corrected chi connectivity index (χ2v) is 9.37. The van der Waals surface area contributed by atoms with Crippen molar-refractivity contribution in [1.82, 2.24) is 4.98 Å².